The van der Waals surface area contributed by atoms with Gasteiger partial charge in [0.2, 0.25) is 0 Å². The Morgan fingerprint density at radius 2 is 1.96 bits per heavy atom. The largest absolute Gasteiger partial charge is 0.337 e. The van der Waals surface area contributed by atoms with Crippen LogP contribution in [0.15, 0.2) is 30.3 Å². The average molecular weight is 351 g/mol. The van der Waals surface area contributed by atoms with Gasteiger partial charge in [0.1, 0.15) is 0 Å². The van der Waals surface area contributed by atoms with Gasteiger partial charge in [-0.1, -0.05) is 12.1 Å². The number of hydrogen-bond acceptors (Lipinski definition) is 4. The quantitative estimate of drug-likeness (QED) is 0.848. The molecule has 1 saturated heterocycles. The van der Waals surface area contributed by atoms with Gasteiger partial charge in [-0.05, 0) is 43.5 Å². The molecule has 6 nitrogen and oxygen atoms in total. The summed E-state index contributed by atoms with van der Waals surface area (Å²) in [7, 11) is 3.74. The second-order valence-corrected chi connectivity index (χ2v) is 7.03. The first-order chi connectivity index (χ1) is 12.5. The molecule has 0 atom stereocenters. The van der Waals surface area contributed by atoms with Crippen LogP contribution < -0.4 is 0 Å². The Balaban J connectivity index is 1.54. The summed E-state index contributed by atoms with van der Waals surface area (Å²) < 4.78 is 1.74. The number of nitriles is 1. The first-order valence-corrected chi connectivity index (χ1v) is 8.97. The van der Waals surface area contributed by atoms with Gasteiger partial charge >= 0.3 is 0 Å². The lowest BCUT2D eigenvalue weighted by Gasteiger charge is -2.36. The van der Waals surface area contributed by atoms with E-state index in [1.807, 2.05) is 56.3 Å². The summed E-state index contributed by atoms with van der Waals surface area (Å²) in [5.74, 6) is -0.000702. The maximum atomic E-state index is 12.7. The molecule has 0 aliphatic carbocycles. The Morgan fingerprint density at radius 1 is 1.31 bits per heavy atom. The van der Waals surface area contributed by atoms with Gasteiger partial charge < -0.3 is 4.90 Å². The maximum absolute atomic E-state index is 12.7. The zero-order valence-corrected chi connectivity index (χ0v) is 15.6. The van der Waals surface area contributed by atoms with Crippen LogP contribution in [0.1, 0.15) is 40.2 Å². The number of rotatable bonds is 4. The third kappa shape index (κ3) is 3.94. The van der Waals surface area contributed by atoms with Gasteiger partial charge in [-0.25, -0.2) is 0 Å². The fraction of sp³-hybridized carbons (Fsp3) is 0.450. The van der Waals surface area contributed by atoms with E-state index < -0.39 is 0 Å². The predicted octanol–water partition coefficient (Wildman–Crippen LogP) is 2.34. The van der Waals surface area contributed by atoms with Crippen LogP contribution in [0.2, 0.25) is 0 Å². The van der Waals surface area contributed by atoms with E-state index in [0.717, 1.165) is 38.2 Å². The van der Waals surface area contributed by atoms with E-state index in [4.69, 9.17) is 5.26 Å². The Labute approximate surface area is 154 Å². The van der Waals surface area contributed by atoms with E-state index in [0.29, 0.717) is 11.3 Å². The van der Waals surface area contributed by atoms with Gasteiger partial charge in [0.25, 0.3) is 5.91 Å². The molecule has 136 valence electrons. The van der Waals surface area contributed by atoms with Crippen LogP contribution in [0.5, 0.6) is 0 Å². The second-order valence-electron chi connectivity index (χ2n) is 7.03. The van der Waals surface area contributed by atoms with Crippen molar-refractivity contribution in [3.05, 3.63) is 52.8 Å². The van der Waals surface area contributed by atoms with Crippen molar-refractivity contribution in [1.29, 1.82) is 5.26 Å². The van der Waals surface area contributed by atoms with Crippen molar-refractivity contribution in [1.82, 2.24) is 19.6 Å². The zero-order valence-electron chi connectivity index (χ0n) is 15.6. The summed E-state index contributed by atoms with van der Waals surface area (Å²) in [6.45, 7) is 4.76. The van der Waals surface area contributed by atoms with Crippen molar-refractivity contribution in [3.63, 3.8) is 0 Å². The molecule has 0 spiro atoms. The Bertz CT molecular complexity index is 790. The van der Waals surface area contributed by atoms with Crippen molar-refractivity contribution in [2.75, 3.05) is 20.1 Å². The lowest BCUT2D eigenvalue weighted by Crippen LogP contribution is -2.45. The van der Waals surface area contributed by atoms with Gasteiger partial charge in [0.05, 0.1) is 11.6 Å². The van der Waals surface area contributed by atoms with Crippen LogP contribution >= 0.6 is 0 Å². The highest BCUT2D eigenvalue weighted by Gasteiger charge is 2.27. The number of carbonyl (C=O) groups is 1. The van der Waals surface area contributed by atoms with Crippen LogP contribution in [0, 0.1) is 18.3 Å². The summed E-state index contributed by atoms with van der Waals surface area (Å²) in [6, 6.07) is 12.0. The van der Waals surface area contributed by atoms with Crippen LogP contribution in [-0.4, -0.2) is 51.7 Å². The molecular formula is C20H25N5O. The molecule has 0 N–H and O–H groups in total. The van der Waals surface area contributed by atoms with Gasteiger partial charge in [-0.3, -0.25) is 14.4 Å². The third-order valence-electron chi connectivity index (χ3n) is 5.25. The minimum absolute atomic E-state index is 0.000702. The first-order valence-electron chi connectivity index (χ1n) is 8.97. The van der Waals surface area contributed by atoms with Crippen LogP contribution in [0.25, 0.3) is 0 Å². The smallest absolute Gasteiger partial charge is 0.274 e. The minimum Gasteiger partial charge on any atom is -0.337 e. The number of carbonyl (C=O) groups excluding carboxylic acids is 1. The summed E-state index contributed by atoms with van der Waals surface area (Å²) in [4.78, 5) is 16.9. The van der Waals surface area contributed by atoms with Crippen molar-refractivity contribution >= 4 is 5.91 Å². The molecule has 0 bridgehead atoms. The van der Waals surface area contributed by atoms with Crippen molar-refractivity contribution < 1.29 is 4.79 Å². The number of benzene rings is 1. The molecule has 6 heteroatoms. The lowest BCUT2D eigenvalue weighted by atomic mass is 10.0. The zero-order chi connectivity index (χ0) is 18.7. The van der Waals surface area contributed by atoms with Crippen molar-refractivity contribution in [2.24, 2.45) is 7.05 Å². The van der Waals surface area contributed by atoms with Gasteiger partial charge in [0.15, 0.2) is 5.69 Å². The van der Waals surface area contributed by atoms with Crippen molar-refractivity contribution in [3.8, 4) is 6.07 Å². The highest BCUT2D eigenvalue weighted by Crippen LogP contribution is 2.19. The molecule has 0 saturated carbocycles. The van der Waals surface area contributed by atoms with Gasteiger partial charge in [-0.15, -0.1) is 0 Å². The standard InChI is InChI=1S/C20H25N5O/c1-15-12-19(22-24(15)3)20(26)23(2)18-8-10-25(11-9-18)14-17-6-4-16(13-21)5-7-17/h4-7,12,18H,8-11,14H2,1-3H3. The molecule has 2 aromatic rings. The molecule has 1 aliphatic heterocycles. The number of amides is 1. The van der Waals surface area contributed by atoms with Crippen molar-refractivity contribution in [2.45, 2.75) is 32.4 Å². The molecule has 1 aromatic heterocycles. The fourth-order valence-corrected chi connectivity index (χ4v) is 3.42. The number of aryl methyl sites for hydroxylation is 2. The summed E-state index contributed by atoms with van der Waals surface area (Å²) in [5.41, 5.74) is 3.42. The van der Waals surface area contributed by atoms with Gasteiger partial charge in [-0.2, -0.15) is 10.4 Å². The van der Waals surface area contributed by atoms with E-state index >= 15 is 0 Å². The second kappa shape index (κ2) is 7.71. The molecule has 1 amide bonds. The average Bonchev–Trinajstić information content (AvgIpc) is 3.00. The number of likely N-dealkylation sites (tertiary alicyclic amines) is 1. The monoisotopic (exact) mass is 351 g/mol. The van der Waals surface area contributed by atoms with Crippen LogP contribution in [0.4, 0.5) is 0 Å². The lowest BCUT2D eigenvalue weighted by molar-refractivity contribution is 0.0630. The molecule has 1 aromatic carbocycles. The molecule has 0 radical (unpaired) electrons. The topological polar surface area (TPSA) is 65.2 Å². The summed E-state index contributed by atoms with van der Waals surface area (Å²) >= 11 is 0. The highest BCUT2D eigenvalue weighted by molar-refractivity contribution is 5.92. The number of piperidine rings is 1. The minimum atomic E-state index is -0.000702. The third-order valence-corrected chi connectivity index (χ3v) is 5.25. The van der Waals surface area contributed by atoms with E-state index in [1.54, 1.807) is 4.68 Å². The first kappa shape index (κ1) is 18.2. The molecule has 1 fully saturated rings. The van der Waals surface area contributed by atoms with E-state index in [9.17, 15) is 4.79 Å². The van der Waals surface area contributed by atoms with E-state index in [-0.39, 0.29) is 11.9 Å². The molecule has 0 unspecified atom stereocenters. The summed E-state index contributed by atoms with van der Waals surface area (Å²) in [6.07, 6.45) is 1.93. The van der Waals surface area contributed by atoms with E-state index in [2.05, 4.69) is 16.1 Å². The molecule has 2 heterocycles. The number of nitrogens with zero attached hydrogens (tertiary/aromatic N) is 5. The Morgan fingerprint density at radius 3 is 2.50 bits per heavy atom. The normalized spacial score (nSPS) is 15.6. The predicted molar refractivity (Wildman–Crippen MR) is 99.5 cm³/mol. The van der Waals surface area contributed by atoms with Crippen LogP contribution in [-0.2, 0) is 13.6 Å². The summed E-state index contributed by atoms with van der Waals surface area (Å²) in [5, 5.41) is 13.2. The van der Waals surface area contributed by atoms with E-state index in [1.165, 1.54) is 5.56 Å². The number of hydrogen-bond donors (Lipinski definition) is 0. The Hall–Kier alpha value is -2.65. The Kier molecular flexibility index (Phi) is 5.38. The van der Waals surface area contributed by atoms with Crippen LogP contribution in [0.3, 0.4) is 0 Å². The fourth-order valence-electron chi connectivity index (χ4n) is 3.42. The molecule has 1 aliphatic rings. The maximum Gasteiger partial charge on any atom is 0.274 e. The SMILES string of the molecule is Cc1cc(C(=O)N(C)C2CCN(Cc3ccc(C#N)cc3)CC2)nn1C. The molecule has 26 heavy (non-hydrogen) atoms. The number of aromatic nitrogens is 2. The molecule has 3 rings (SSSR count). The molecular weight excluding hydrogens is 326 g/mol. The van der Waals surface area contributed by atoms with Gasteiger partial charge in [0, 0.05) is 45.5 Å². The highest BCUT2D eigenvalue weighted by atomic mass is 16.2.